The fourth-order valence-corrected chi connectivity index (χ4v) is 2.84. The van der Waals surface area contributed by atoms with Crippen LogP contribution in [0.4, 0.5) is 11.4 Å². The predicted molar refractivity (Wildman–Crippen MR) is 88.0 cm³/mol. The smallest absolute Gasteiger partial charge is 0.320 e. The fourth-order valence-electron chi connectivity index (χ4n) is 2.67. The average Bonchev–Trinajstić information content (AvgIpc) is 2.73. The normalized spacial score (nSPS) is 16.0. The molecule has 1 aromatic rings. The van der Waals surface area contributed by atoms with E-state index in [4.69, 9.17) is 16.3 Å². The molecule has 0 bridgehead atoms. The third kappa shape index (κ3) is 4.80. The molecule has 1 aromatic carbocycles. The molecular formula is C15H20ClN3O4. The van der Waals surface area contributed by atoms with Gasteiger partial charge in [-0.25, -0.2) is 0 Å². The Kier molecular flexibility index (Phi) is 6.18. The molecule has 1 aliphatic rings. The van der Waals surface area contributed by atoms with Crippen LogP contribution in [0.5, 0.6) is 0 Å². The van der Waals surface area contributed by atoms with E-state index in [9.17, 15) is 14.9 Å². The first kappa shape index (κ1) is 17.5. The Bertz CT molecular complexity index is 582. The molecule has 23 heavy (non-hydrogen) atoms. The Balaban J connectivity index is 2.06. The van der Waals surface area contributed by atoms with Gasteiger partial charge in [0.2, 0.25) is 0 Å². The van der Waals surface area contributed by atoms with Gasteiger partial charge in [0.05, 0.1) is 18.1 Å². The predicted octanol–water partition coefficient (Wildman–Crippen LogP) is 2.32. The maximum atomic E-state index is 11.6. The SMILES string of the molecule is CCOC(=O)CN1CCCN(c2ccc(Cl)cc2[N+](=O)[O-])CC1. The van der Waals surface area contributed by atoms with Gasteiger partial charge in [0.15, 0.2) is 0 Å². The first-order valence-electron chi connectivity index (χ1n) is 7.58. The van der Waals surface area contributed by atoms with Crippen LogP contribution in [0.3, 0.4) is 0 Å². The summed E-state index contributed by atoms with van der Waals surface area (Å²) in [4.78, 5) is 26.4. The first-order valence-corrected chi connectivity index (χ1v) is 7.96. The van der Waals surface area contributed by atoms with Crippen molar-refractivity contribution in [3.63, 3.8) is 0 Å². The lowest BCUT2D eigenvalue weighted by atomic mass is 10.2. The van der Waals surface area contributed by atoms with Crippen LogP contribution in [-0.4, -0.2) is 55.1 Å². The van der Waals surface area contributed by atoms with E-state index >= 15 is 0 Å². The summed E-state index contributed by atoms with van der Waals surface area (Å²) >= 11 is 5.86. The Morgan fingerprint density at radius 2 is 2.13 bits per heavy atom. The second-order valence-electron chi connectivity index (χ2n) is 5.31. The van der Waals surface area contributed by atoms with Crippen LogP contribution in [0.1, 0.15) is 13.3 Å². The van der Waals surface area contributed by atoms with Crippen LogP contribution in [0, 0.1) is 10.1 Å². The largest absolute Gasteiger partial charge is 0.465 e. The van der Waals surface area contributed by atoms with Crippen molar-refractivity contribution in [1.82, 2.24) is 4.90 Å². The molecule has 0 atom stereocenters. The minimum absolute atomic E-state index is 0.0105. The van der Waals surface area contributed by atoms with Gasteiger partial charge in [-0.2, -0.15) is 0 Å². The van der Waals surface area contributed by atoms with E-state index in [1.165, 1.54) is 6.07 Å². The van der Waals surface area contributed by atoms with Crippen molar-refractivity contribution in [3.05, 3.63) is 33.3 Å². The fraction of sp³-hybridized carbons (Fsp3) is 0.533. The molecule has 2 rings (SSSR count). The van der Waals surface area contributed by atoms with E-state index in [-0.39, 0.29) is 18.2 Å². The molecule has 0 radical (unpaired) electrons. The highest BCUT2D eigenvalue weighted by molar-refractivity contribution is 6.30. The number of nitrogens with zero attached hydrogens (tertiary/aromatic N) is 3. The Labute approximate surface area is 139 Å². The van der Waals surface area contributed by atoms with Crippen molar-refractivity contribution in [2.24, 2.45) is 0 Å². The van der Waals surface area contributed by atoms with Gasteiger partial charge in [-0.3, -0.25) is 19.8 Å². The zero-order valence-corrected chi connectivity index (χ0v) is 13.8. The van der Waals surface area contributed by atoms with Crippen molar-refractivity contribution in [3.8, 4) is 0 Å². The number of anilines is 1. The van der Waals surface area contributed by atoms with Crippen molar-refractivity contribution in [1.29, 1.82) is 0 Å². The van der Waals surface area contributed by atoms with E-state index < -0.39 is 4.92 Å². The van der Waals surface area contributed by atoms with Gasteiger partial charge >= 0.3 is 5.97 Å². The molecule has 7 nitrogen and oxygen atoms in total. The molecule has 0 aliphatic carbocycles. The standard InChI is InChI=1S/C15H20ClN3O4/c1-2-23-15(20)11-17-6-3-7-18(9-8-17)13-5-4-12(16)10-14(13)19(21)22/h4-5,10H,2-3,6-9,11H2,1H3. The summed E-state index contributed by atoms with van der Waals surface area (Å²) in [6.45, 7) is 5.13. The maximum Gasteiger partial charge on any atom is 0.320 e. The minimum Gasteiger partial charge on any atom is -0.465 e. The highest BCUT2D eigenvalue weighted by Gasteiger charge is 2.23. The lowest BCUT2D eigenvalue weighted by molar-refractivity contribution is -0.384. The molecule has 0 unspecified atom stereocenters. The summed E-state index contributed by atoms with van der Waals surface area (Å²) in [5, 5.41) is 11.6. The lowest BCUT2D eigenvalue weighted by Crippen LogP contribution is -2.35. The first-order chi connectivity index (χ1) is 11.0. The second kappa shape index (κ2) is 8.12. The molecule has 1 saturated heterocycles. The zero-order valence-electron chi connectivity index (χ0n) is 13.0. The van der Waals surface area contributed by atoms with E-state index in [1.807, 2.05) is 9.80 Å². The van der Waals surface area contributed by atoms with Gasteiger partial charge in [-0.05, 0) is 25.5 Å². The van der Waals surface area contributed by atoms with Crippen molar-refractivity contribution < 1.29 is 14.5 Å². The van der Waals surface area contributed by atoms with E-state index in [0.29, 0.717) is 37.0 Å². The molecule has 0 saturated carbocycles. The lowest BCUT2D eigenvalue weighted by Gasteiger charge is -2.23. The molecule has 126 valence electrons. The summed E-state index contributed by atoms with van der Waals surface area (Å²) in [5.41, 5.74) is 0.578. The number of ether oxygens (including phenoxy) is 1. The molecular weight excluding hydrogens is 322 g/mol. The van der Waals surface area contributed by atoms with Gasteiger partial charge < -0.3 is 9.64 Å². The maximum absolute atomic E-state index is 11.6. The third-order valence-electron chi connectivity index (χ3n) is 3.72. The Hall–Kier alpha value is -1.86. The molecule has 8 heteroatoms. The monoisotopic (exact) mass is 341 g/mol. The Morgan fingerprint density at radius 3 is 2.83 bits per heavy atom. The summed E-state index contributed by atoms with van der Waals surface area (Å²) in [6, 6.07) is 4.71. The summed E-state index contributed by atoms with van der Waals surface area (Å²) in [5.74, 6) is -0.238. The highest BCUT2D eigenvalue weighted by atomic mass is 35.5. The van der Waals surface area contributed by atoms with Crippen LogP contribution >= 0.6 is 11.6 Å². The molecule has 1 aliphatic heterocycles. The molecule has 1 heterocycles. The number of halogens is 1. The minimum atomic E-state index is -0.414. The van der Waals surface area contributed by atoms with Crippen LogP contribution < -0.4 is 4.90 Å². The van der Waals surface area contributed by atoms with Gasteiger partial charge in [0.25, 0.3) is 5.69 Å². The number of carbonyl (C=O) groups is 1. The molecule has 0 N–H and O–H groups in total. The van der Waals surface area contributed by atoms with Crippen molar-refractivity contribution in [2.45, 2.75) is 13.3 Å². The van der Waals surface area contributed by atoms with E-state index in [2.05, 4.69) is 0 Å². The number of carbonyl (C=O) groups excluding carboxylic acids is 1. The number of benzene rings is 1. The number of hydrogen-bond donors (Lipinski definition) is 0. The topological polar surface area (TPSA) is 75.9 Å². The Morgan fingerprint density at radius 1 is 1.35 bits per heavy atom. The van der Waals surface area contributed by atoms with Crippen molar-refractivity contribution in [2.75, 3.05) is 44.2 Å². The molecule has 0 spiro atoms. The quantitative estimate of drug-likeness (QED) is 0.465. The van der Waals surface area contributed by atoms with Gasteiger partial charge in [-0.1, -0.05) is 11.6 Å². The van der Waals surface area contributed by atoms with Crippen molar-refractivity contribution >= 4 is 28.9 Å². The average molecular weight is 342 g/mol. The second-order valence-corrected chi connectivity index (χ2v) is 5.75. The summed E-state index contributed by atoms with van der Waals surface area (Å²) < 4.78 is 4.96. The molecule has 1 fully saturated rings. The zero-order chi connectivity index (χ0) is 16.8. The number of esters is 1. The van der Waals surface area contributed by atoms with Crippen LogP contribution in [0.2, 0.25) is 5.02 Å². The number of rotatable bonds is 5. The summed E-state index contributed by atoms with van der Waals surface area (Å²) in [6.07, 6.45) is 0.819. The van der Waals surface area contributed by atoms with Crippen LogP contribution in [0.25, 0.3) is 0 Å². The van der Waals surface area contributed by atoms with Crippen LogP contribution in [-0.2, 0) is 9.53 Å². The van der Waals surface area contributed by atoms with E-state index in [1.54, 1.807) is 19.1 Å². The van der Waals surface area contributed by atoms with Gasteiger partial charge in [0, 0.05) is 37.3 Å². The summed E-state index contributed by atoms with van der Waals surface area (Å²) in [7, 11) is 0. The molecule has 0 aromatic heterocycles. The highest BCUT2D eigenvalue weighted by Crippen LogP contribution is 2.31. The number of nitro benzene ring substituents is 1. The number of nitro groups is 1. The van der Waals surface area contributed by atoms with Gasteiger partial charge in [0.1, 0.15) is 5.69 Å². The van der Waals surface area contributed by atoms with Crippen LogP contribution in [0.15, 0.2) is 18.2 Å². The van der Waals surface area contributed by atoms with Gasteiger partial charge in [-0.15, -0.1) is 0 Å². The number of hydrogen-bond acceptors (Lipinski definition) is 6. The van der Waals surface area contributed by atoms with E-state index in [0.717, 1.165) is 13.0 Å². The molecule has 0 amide bonds. The third-order valence-corrected chi connectivity index (χ3v) is 3.96.